The molecule has 0 aliphatic carbocycles. The molecule has 0 heterocycles. The first kappa shape index (κ1) is 34.0. The summed E-state index contributed by atoms with van der Waals surface area (Å²) in [5.74, 6) is -0.669. The number of esters is 1. The molecule has 0 spiro atoms. The lowest BCUT2D eigenvalue weighted by Gasteiger charge is -2.18. The van der Waals surface area contributed by atoms with E-state index in [4.69, 9.17) is 20.9 Å². The quantitative estimate of drug-likeness (QED) is 0.0501. The molecule has 0 saturated heterocycles. The highest BCUT2D eigenvalue weighted by Crippen LogP contribution is 2.33. The summed E-state index contributed by atoms with van der Waals surface area (Å²) in [5, 5.41) is 0. The van der Waals surface area contributed by atoms with Crippen LogP contribution in [-0.4, -0.2) is 12.1 Å². The van der Waals surface area contributed by atoms with Gasteiger partial charge >= 0.3 is 18.3 Å². The number of aryl methyl sites for hydroxylation is 2. The summed E-state index contributed by atoms with van der Waals surface area (Å²) in [6.07, 6.45) is -4.32. The van der Waals surface area contributed by atoms with Gasteiger partial charge in [-0.25, -0.2) is 4.79 Å². The lowest BCUT2D eigenvalue weighted by atomic mass is 9.95. The first-order valence-electron chi connectivity index (χ1n) is 14.7. The Hall–Kier alpha value is -4.86. The number of unbranched alkanes of at least 4 members (excludes halogenated alkanes) is 2. The van der Waals surface area contributed by atoms with Crippen molar-refractivity contribution in [3.05, 3.63) is 119 Å². The molecule has 0 unspecified atom stereocenters. The Labute approximate surface area is 264 Å². The molecule has 0 atom stereocenters. The number of anilines is 2. The maximum Gasteiger partial charge on any atom is 0.426 e. The number of nitrogens with two attached hydrogens (primary N) is 2. The first-order valence-corrected chi connectivity index (χ1v) is 14.7. The van der Waals surface area contributed by atoms with Gasteiger partial charge in [0.2, 0.25) is 0 Å². The van der Waals surface area contributed by atoms with Crippen LogP contribution in [0.2, 0.25) is 0 Å². The molecule has 0 aliphatic heterocycles. The predicted octanol–water partition coefficient (Wildman–Crippen LogP) is 9.38. The van der Waals surface area contributed by atoms with Crippen molar-refractivity contribution >= 4 is 23.4 Å². The lowest BCUT2D eigenvalue weighted by Crippen LogP contribution is -2.21. The highest BCUT2D eigenvalue weighted by Gasteiger charge is 2.34. The number of hydrogen-bond donors (Lipinski definition) is 2. The molecule has 0 saturated carbocycles. The van der Waals surface area contributed by atoms with Crippen LogP contribution in [0, 0.1) is 6.92 Å². The number of rotatable bonds is 13. The minimum absolute atomic E-state index is 0.0290. The lowest BCUT2D eigenvalue weighted by molar-refractivity contribution is -0.185. The standard InChI is InChI=1S/C36H35F5N2O3/c1-24-21-29(42)13-17-32(24)33-18-14-30(43)22-27(33)23-45-34(44)19-10-26-6-11-28(12-7-26)36(40,41)46-31-15-8-25(9-16-31)5-3-2-4-20-35(37,38)39/h6-19,21-22H,2-5,20,23,42-43H2,1H3/b19-10+. The van der Waals surface area contributed by atoms with Crippen LogP contribution < -0.4 is 16.2 Å². The smallest absolute Gasteiger partial charge is 0.426 e. The Morgan fingerprint density at radius 3 is 2.09 bits per heavy atom. The second-order valence-electron chi connectivity index (χ2n) is 11.0. The third-order valence-corrected chi connectivity index (χ3v) is 7.29. The molecule has 0 amide bonds. The SMILES string of the molecule is Cc1cc(N)ccc1-c1ccc(N)cc1COC(=O)/C=C/c1ccc(C(F)(F)Oc2ccc(CCCCCC(F)(F)F)cc2)cc1. The van der Waals surface area contributed by atoms with E-state index in [1.165, 1.54) is 48.6 Å². The minimum atomic E-state index is -4.15. The van der Waals surface area contributed by atoms with Gasteiger partial charge in [0.15, 0.2) is 0 Å². The Bertz CT molecular complexity index is 1650. The molecule has 0 radical (unpaired) electrons. The predicted molar refractivity (Wildman–Crippen MR) is 170 cm³/mol. The summed E-state index contributed by atoms with van der Waals surface area (Å²) < 4.78 is 76.8. The summed E-state index contributed by atoms with van der Waals surface area (Å²) >= 11 is 0. The molecule has 5 nitrogen and oxygen atoms in total. The largest absolute Gasteiger partial charge is 0.458 e. The third-order valence-electron chi connectivity index (χ3n) is 7.29. The summed E-state index contributed by atoms with van der Waals surface area (Å²) in [5.41, 5.74) is 17.4. The Morgan fingerprint density at radius 1 is 0.783 bits per heavy atom. The zero-order chi connectivity index (χ0) is 33.3. The zero-order valence-electron chi connectivity index (χ0n) is 25.2. The maximum atomic E-state index is 14.8. The van der Waals surface area contributed by atoms with Crippen LogP contribution in [0.1, 0.15) is 53.5 Å². The first-order chi connectivity index (χ1) is 21.8. The van der Waals surface area contributed by atoms with Crippen LogP contribution in [0.4, 0.5) is 33.3 Å². The normalized spacial score (nSPS) is 12.0. The molecule has 0 aromatic heterocycles. The van der Waals surface area contributed by atoms with Crippen LogP contribution in [0.3, 0.4) is 0 Å². The van der Waals surface area contributed by atoms with Gasteiger partial charge in [0, 0.05) is 23.9 Å². The van der Waals surface area contributed by atoms with Gasteiger partial charge in [-0.15, -0.1) is 0 Å². The van der Waals surface area contributed by atoms with Gasteiger partial charge < -0.3 is 20.9 Å². The number of carbonyl (C=O) groups is 1. The summed E-state index contributed by atoms with van der Waals surface area (Å²) in [4.78, 5) is 12.5. The van der Waals surface area contributed by atoms with E-state index in [1.54, 1.807) is 30.3 Å². The van der Waals surface area contributed by atoms with E-state index in [-0.39, 0.29) is 24.3 Å². The van der Waals surface area contributed by atoms with Crippen LogP contribution in [0.5, 0.6) is 5.75 Å². The van der Waals surface area contributed by atoms with Crippen molar-refractivity contribution < 1.29 is 36.2 Å². The van der Waals surface area contributed by atoms with Crippen molar-refractivity contribution in [2.45, 2.75) is 57.9 Å². The number of nitrogen functional groups attached to an aromatic ring is 2. The van der Waals surface area contributed by atoms with E-state index in [2.05, 4.69) is 0 Å². The van der Waals surface area contributed by atoms with Crippen LogP contribution in [0.25, 0.3) is 17.2 Å². The van der Waals surface area contributed by atoms with E-state index in [9.17, 15) is 26.7 Å². The number of alkyl halides is 5. The highest BCUT2D eigenvalue weighted by atomic mass is 19.4. The van der Waals surface area contributed by atoms with Gasteiger partial charge in [-0.2, -0.15) is 22.0 Å². The summed E-state index contributed by atoms with van der Waals surface area (Å²) in [6.45, 7) is 1.91. The fraction of sp³-hybridized carbons (Fsp3) is 0.250. The fourth-order valence-corrected chi connectivity index (χ4v) is 4.90. The summed E-state index contributed by atoms with van der Waals surface area (Å²) in [6, 6.07) is 22.2. The van der Waals surface area contributed by atoms with E-state index in [0.717, 1.165) is 27.8 Å². The van der Waals surface area contributed by atoms with Gasteiger partial charge in [0.25, 0.3) is 0 Å². The number of carbonyl (C=O) groups excluding carboxylic acids is 1. The van der Waals surface area contributed by atoms with E-state index in [1.807, 2.05) is 25.1 Å². The molecule has 4 aromatic carbocycles. The molecule has 46 heavy (non-hydrogen) atoms. The minimum Gasteiger partial charge on any atom is -0.458 e. The van der Waals surface area contributed by atoms with Crippen molar-refractivity contribution in [1.82, 2.24) is 0 Å². The van der Waals surface area contributed by atoms with Crippen LogP contribution in [-0.2, 0) is 28.7 Å². The summed E-state index contributed by atoms with van der Waals surface area (Å²) in [7, 11) is 0. The van der Waals surface area contributed by atoms with Gasteiger partial charge in [0.05, 0.1) is 5.56 Å². The van der Waals surface area contributed by atoms with Crippen LogP contribution >= 0.6 is 0 Å². The second-order valence-corrected chi connectivity index (χ2v) is 11.0. The van der Waals surface area contributed by atoms with E-state index < -0.39 is 24.7 Å². The van der Waals surface area contributed by atoms with Crippen molar-refractivity contribution in [1.29, 1.82) is 0 Å². The average molecular weight is 639 g/mol. The van der Waals surface area contributed by atoms with Gasteiger partial charge in [-0.05, 0) is 114 Å². The van der Waals surface area contributed by atoms with Gasteiger partial charge in [0.1, 0.15) is 12.4 Å². The monoisotopic (exact) mass is 638 g/mol. The van der Waals surface area contributed by atoms with Crippen molar-refractivity contribution in [3.63, 3.8) is 0 Å². The molecule has 4 aromatic rings. The topological polar surface area (TPSA) is 87.6 Å². The average Bonchev–Trinajstić information content (AvgIpc) is 2.99. The molecule has 4 N–H and O–H groups in total. The van der Waals surface area contributed by atoms with Gasteiger partial charge in [-0.3, -0.25) is 0 Å². The molecule has 0 bridgehead atoms. The van der Waals surface area contributed by atoms with Crippen molar-refractivity contribution in [2.24, 2.45) is 0 Å². The molecule has 0 fully saturated rings. The zero-order valence-corrected chi connectivity index (χ0v) is 25.2. The molecular formula is C36H35F5N2O3. The molecule has 0 aliphatic rings. The Morgan fingerprint density at radius 2 is 1.43 bits per heavy atom. The van der Waals surface area contributed by atoms with Crippen molar-refractivity contribution in [3.8, 4) is 16.9 Å². The number of halogens is 5. The van der Waals surface area contributed by atoms with Crippen LogP contribution in [0.15, 0.2) is 91.0 Å². The molecule has 4 rings (SSSR count). The number of hydrogen-bond acceptors (Lipinski definition) is 5. The third kappa shape index (κ3) is 10.1. The van der Waals surface area contributed by atoms with Gasteiger partial charge in [-0.1, -0.05) is 42.8 Å². The molecule has 10 heteroatoms. The molecule has 242 valence electrons. The van der Waals surface area contributed by atoms with E-state index in [0.29, 0.717) is 36.2 Å². The Kier molecular flexibility index (Phi) is 11.1. The fourth-order valence-electron chi connectivity index (χ4n) is 4.90. The highest BCUT2D eigenvalue weighted by molar-refractivity contribution is 5.87. The molecular weight excluding hydrogens is 603 g/mol. The Balaban J connectivity index is 1.29. The van der Waals surface area contributed by atoms with Crippen molar-refractivity contribution in [2.75, 3.05) is 11.5 Å². The van der Waals surface area contributed by atoms with E-state index >= 15 is 0 Å². The second kappa shape index (κ2) is 14.9. The maximum absolute atomic E-state index is 14.8. The number of ether oxygens (including phenoxy) is 2. The number of benzene rings is 4.